The molecule has 1 N–H and O–H groups in total. The van der Waals surface area contributed by atoms with Crippen LogP contribution in [0.5, 0.6) is 0 Å². The first-order valence-electron chi connectivity index (χ1n) is 8.98. The van der Waals surface area contributed by atoms with Crippen LogP contribution in [0, 0.1) is 5.82 Å². The molecule has 5 nitrogen and oxygen atoms in total. The van der Waals surface area contributed by atoms with Crippen LogP contribution in [0.4, 0.5) is 4.39 Å². The maximum absolute atomic E-state index is 14.0. The van der Waals surface area contributed by atoms with Gasteiger partial charge in [0.2, 0.25) is 0 Å². The molecule has 6 heteroatoms. The summed E-state index contributed by atoms with van der Waals surface area (Å²) in [6.45, 7) is 1.90. The smallest absolute Gasteiger partial charge is 0.272 e. The number of para-hydroxylation sites is 1. The van der Waals surface area contributed by atoms with Crippen molar-refractivity contribution in [2.45, 2.75) is 13.0 Å². The number of carbonyl (C=O) groups excluding carboxylic acids is 1. The number of pyridine rings is 1. The van der Waals surface area contributed by atoms with E-state index in [4.69, 9.17) is 0 Å². The van der Waals surface area contributed by atoms with E-state index in [1.54, 1.807) is 36.2 Å². The Morgan fingerprint density at radius 2 is 1.86 bits per heavy atom. The molecule has 2 aromatic carbocycles. The number of aromatic nitrogens is 3. The van der Waals surface area contributed by atoms with Gasteiger partial charge in [-0.05, 0) is 25.1 Å². The minimum Gasteiger partial charge on any atom is -0.332 e. The molecule has 4 aromatic rings. The normalized spacial score (nSPS) is 12.1. The van der Waals surface area contributed by atoms with Crippen LogP contribution in [0.25, 0.3) is 22.2 Å². The predicted molar refractivity (Wildman–Crippen MR) is 106 cm³/mol. The number of fused-ring (bicyclic) bond motifs is 1. The molecule has 0 bridgehead atoms. The van der Waals surface area contributed by atoms with E-state index in [0.717, 1.165) is 17.0 Å². The highest BCUT2D eigenvalue weighted by molar-refractivity contribution is 5.95. The summed E-state index contributed by atoms with van der Waals surface area (Å²) < 4.78 is 14.0. The fourth-order valence-electron chi connectivity index (χ4n) is 3.10. The SMILES string of the molecule is C[C@H](c1cc(-c2ccccc2)n[nH]1)N(C)C(=O)c1ccc2cccc(F)c2n1. The largest absolute Gasteiger partial charge is 0.332 e. The molecule has 0 spiro atoms. The number of hydrogen-bond acceptors (Lipinski definition) is 3. The van der Waals surface area contributed by atoms with E-state index in [1.165, 1.54) is 6.07 Å². The first-order chi connectivity index (χ1) is 13.5. The summed E-state index contributed by atoms with van der Waals surface area (Å²) in [7, 11) is 1.70. The second kappa shape index (κ2) is 7.23. The van der Waals surface area contributed by atoms with Crippen molar-refractivity contribution in [2.75, 3.05) is 7.05 Å². The topological polar surface area (TPSA) is 61.9 Å². The van der Waals surface area contributed by atoms with E-state index in [2.05, 4.69) is 15.2 Å². The molecule has 0 radical (unpaired) electrons. The summed E-state index contributed by atoms with van der Waals surface area (Å²) in [4.78, 5) is 18.7. The van der Waals surface area contributed by atoms with Gasteiger partial charge in [-0.1, -0.05) is 48.5 Å². The number of benzene rings is 2. The first-order valence-corrected chi connectivity index (χ1v) is 8.98. The molecular weight excluding hydrogens is 355 g/mol. The summed E-state index contributed by atoms with van der Waals surface area (Å²) in [5, 5.41) is 8.01. The van der Waals surface area contributed by atoms with Crippen LogP contribution in [-0.2, 0) is 0 Å². The van der Waals surface area contributed by atoms with Gasteiger partial charge in [0.25, 0.3) is 5.91 Å². The third-order valence-electron chi connectivity index (χ3n) is 4.91. The van der Waals surface area contributed by atoms with Crippen molar-refractivity contribution in [3.8, 4) is 11.3 Å². The van der Waals surface area contributed by atoms with Crippen LogP contribution in [0.2, 0.25) is 0 Å². The highest BCUT2D eigenvalue weighted by Crippen LogP contribution is 2.24. The molecule has 0 unspecified atom stereocenters. The van der Waals surface area contributed by atoms with Gasteiger partial charge in [0.1, 0.15) is 17.0 Å². The van der Waals surface area contributed by atoms with Crippen molar-refractivity contribution in [2.24, 2.45) is 0 Å². The van der Waals surface area contributed by atoms with E-state index in [9.17, 15) is 9.18 Å². The zero-order chi connectivity index (χ0) is 19.7. The Bertz CT molecular complexity index is 1140. The number of amides is 1. The Balaban J connectivity index is 1.59. The van der Waals surface area contributed by atoms with Crippen molar-refractivity contribution in [3.63, 3.8) is 0 Å². The molecule has 0 aliphatic carbocycles. The van der Waals surface area contributed by atoms with Gasteiger partial charge in [0, 0.05) is 18.0 Å². The van der Waals surface area contributed by atoms with Crippen LogP contribution in [-0.4, -0.2) is 33.0 Å². The number of H-pyrrole nitrogens is 1. The number of nitrogens with one attached hydrogen (secondary N) is 1. The van der Waals surface area contributed by atoms with Gasteiger partial charge >= 0.3 is 0 Å². The number of carbonyl (C=O) groups is 1. The van der Waals surface area contributed by atoms with Gasteiger partial charge in [0.05, 0.1) is 17.4 Å². The average Bonchev–Trinajstić information content (AvgIpc) is 3.23. The maximum atomic E-state index is 14.0. The lowest BCUT2D eigenvalue weighted by atomic mass is 10.1. The zero-order valence-electron chi connectivity index (χ0n) is 15.6. The monoisotopic (exact) mass is 374 g/mol. The number of rotatable bonds is 4. The quantitative estimate of drug-likeness (QED) is 0.568. The molecule has 0 aliphatic rings. The summed E-state index contributed by atoms with van der Waals surface area (Å²) in [5.74, 6) is -0.725. The lowest BCUT2D eigenvalue weighted by molar-refractivity contribution is 0.0734. The summed E-state index contributed by atoms with van der Waals surface area (Å²) in [6.07, 6.45) is 0. The van der Waals surface area contributed by atoms with Crippen LogP contribution >= 0.6 is 0 Å². The van der Waals surface area contributed by atoms with E-state index in [0.29, 0.717) is 5.39 Å². The Kier molecular flexibility index (Phi) is 4.61. The van der Waals surface area contributed by atoms with Crippen LogP contribution in [0.15, 0.2) is 66.7 Å². The van der Waals surface area contributed by atoms with E-state index in [1.807, 2.05) is 43.3 Å². The standard InChI is InChI=1S/C22H19FN4O/c1-14(19-13-20(26-25-19)15-7-4-3-5-8-15)27(2)22(28)18-12-11-16-9-6-10-17(23)21(16)24-18/h3-14H,1-2H3,(H,25,26)/t14-/m1/s1. The molecule has 1 atom stereocenters. The Labute approximate surface area is 161 Å². The second-order valence-electron chi connectivity index (χ2n) is 6.67. The summed E-state index contributed by atoms with van der Waals surface area (Å²) in [6, 6.07) is 19.5. The van der Waals surface area contributed by atoms with Crippen molar-refractivity contribution < 1.29 is 9.18 Å². The zero-order valence-corrected chi connectivity index (χ0v) is 15.6. The first kappa shape index (κ1) is 17.9. The predicted octanol–water partition coefficient (Wildman–Crippen LogP) is 4.60. The molecule has 2 heterocycles. The van der Waals surface area contributed by atoms with E-state index >= 15 is 0 Å². The summed E-state index contributed by atoms with van der Waals surface area (Å²) >= 11 is 0. The Morgan fingerprint density at radius 1 is 1.07 bits per heavy atom. The molecule has 1 amide bonds. The van der Waals surface area contributed by atoms with Crippen molar-refractivity contribution >= 4 is 16.8 Å². The van der Waals surface area contributed by atoms with Crippen LogP contribution in [0.1, 0.15) is 29.1 Å². The fourth-order valence-corrected chi connectivity index (χ4v) is 3.10. The lowest BCUT2D eigenvalue weighted by Gasteiger charge is -2.23. The maximum Gasteiger partial charge on any atom is 0.272 e. The number of halogens is 1. The minimum absolute atomic E-state index is 0.197. The molecule has 4 rings (SSSR count). The van der Waals surface area contributed by atoms with E-state index < -0.39 is 5.82 Å². The molecule has 28 heavy (non-hydrogen) atoms. The second-order valence-corrected chi connectivity index (χ2v) is 6.67. The van der Waals surface area contributed by atoms with Crippen molar-refractivity contribution in [1.82, 2.24) is 20.1 Å². The molecule has 0 fully saturated rings. The fraction of sp³-hybridized carbons (Fsp3) is 0.136. The molecule has 140 valence electrons. The number of aromatic amines is 1. The highest BCUT2D eigenvalue weighted by atomic mass is 19.1. The van der Waals surface area contributed by atoms with Crippen LogP contribution < -0.4 is 0 Å². The Morgan fingerprint density at radius 3 is 2.64 bits per heavy atom. The lowest BCUT2D eigenvalue weighted by Crippen LogP contribution is -2.30. The summed E-state index contributed by atoms with van der Waals surface area (Å²) in [5.41, 5.74) is 3.02. The minimum atomic E-state index is -0.441. The highest BCUT2D eigenvalue weighted by Gasteiger charge is 2.22. The number of hydrogen-bond donors (Lipinski definition) is 1. The van der Waals surface area contributed by atoms with Gasteiger partial charge < -0.3 is 4.90 Å². The van der Waals surface area contributed by atoms with Crippen molar-refractivity contribution in [1.29, 1.82) is 0 Å². The molecule has 0 saturated heterocycles. The van der Waals surface area contributed by atoms with Gasteiger partial charge in [-0.15, -0.1) is 0 Å². The van der Waals surface area contributed by atoms with Crippen LogP contribution in [0.3, 0.4) is 0 Å². The van der Waals surface area contributed by atoms with Gasteiger partial charge in [0.15, 0.2) is 0 Å². The molecule has 0 saturated carbocycles. The average molecular weight is 374 g/mol. The van der Waals surface area contributed by atoms with Gasteiger partial charge in [-0.2, -0.15) is 5.10 Å². The van der Waals surface area contributed by atoms with Crippen molar-refractivity contribution in [3.05, 3.63) is 83.9 Å². The molecule has 0 aliphatic heterocycles. The molecule has 2 aromatic heterocycles. The van der Waals surface area contributed by atoms with Gasteiger partial charge in [-0.3, -0.25) is 9.89 Å². The number of nitrogens with zero attached hydrogens (tertiary/aromatic N) is 3. The van der Waals surface area contributed by atoms with Gasteiger partial charge in [-0.25, -0.2) is 9.37 Å². The van der Waals surface area contributed by atoms with E-state index in [-0.39, 0.29) is 23.2 Å². The Hall–Kier alpha value is -3.54. The molecular formula is C22H19FN4O. The third kappa shape index (κ3) is 3.24. The third-order valence-corrected chi connectivity index (χ3v) is 4.91.